The van der Waals surface area contributed by atoms with E-state index in [-0.39, 0.29) is 38.1 Å². The number of hydrogen-bond donors (Lipinski definition) is 4. The molecule has 142 valence electrons. The topological polar surface area (TPSA) is 86.7 Å². The zero-order chi connectivity index (χ0) is 16.7. The molecule has 0 heterocycles. The second-order valence-corrected chi connectivity index (χ2v) is 6.65. The molecule has 5 heteroatoms. The lowest BCUT2D eigenvalue weighted by Gasteiger charge is -2.37. The average molecular weight is 354 g/mol. The van der Waals surface area contributed by atoms with E-state index in [4.69, 9.17) is 5.73 Å². The van der Waals surface area contributed by atoms with Crippen molar-refractivity contribution in [2.45, 2.75) is 89.5 Å². The van der Waals surface area contributed by atoms with Gasteiger partial charge in [-0.2, -0.15) is 0 Å². The third-order valence-electron chi connectivity index (χ3n) is 4.85. The van der Waals surface area contributed by atoms with Gasteiger partial charge in [0, 0.05) is 25.4 Å². The Balaban J connectivity index is 0. The maximum Gasteiger partial charge on any atom is 0.0448 e. The van der Waals surface area contributed by atoms with Crippen molar-refractivity contribution < 1.29 is 15.3 Å². The Morgan fingerprint density at radius 2 is 1.22 bits per heavy atom. The fraction of sp³-hybridized carbons (Fsp3) is 1.00. The average Bonchev–Trinajstić information content (AvgIpc) is 2.49. The summed E-state index contributed by atoms with van der Waals surface area (Å²) in [6.45, 7) is 2.43. The number of aliphatic hydroxyl groups excluding tert-OH is 3. The van der Waals surface area contributed by atoms with E-state index < -0.39 is 5.54 Å². The third kappa shape index (κ3) is 12.2. The smallest absolute Gasteiger partial charge is 0.0448 e. The minimum atomic E-state index is -0.548. The van der Waals surface area contributed by atoms with Crippen LogP contribution in [0.4, 0.5) is 0 Å². The van der Waals surface area contributed by atoms with Gasteiger partial charge in [-0.05, 0) is 31.6 Å². The molecule has 0 amide bonds. The molecule has 0 bridgehead atoms. The van der Waals surface area contributed by atoms with Gasteiger partial charge in [-0.1, -0.05) is 58.3 Å². The van der Waals surface area contributed by atoms with E-state index in [9.17, 15) is 15.3 Å². The van der Waals surface area contributed by atoms with Crippen molar-refractivity contribution in [3.63, 3.8) is 0 Å². The zero-order valence-corrected chi connectivity index (χ0v) is 15.8. The van der Waals surface area contributed by atoms with Gasteiger partial charge in [0.05, 0.1) is 0 Å². The Hall–Kier alpha value is 0.130. The monoisotopic (exact) mass is 353 g/mol. The molecule has 0 aromatic carbocycles. The van der Waals surface area contributed by atoms with Crippen LogP contribution in [0.2, 0.25) is 0 Å². The van der Waals surface area contributed by atoms with Gasteiger partial charge in [0.25, 0.3) is 0 Å². The molecule has 0 aromatic rings. The van der Waals surface area contributed by atoms with Crippen LogP contribution in [0.15, 0.2) is 0 Å². The van der Waals surface area contributed by atoms with E-state index in [2.05, 4.69) is 6.92 Å². The fourth-order valence-electron chi connectivity index (χ4n) is 3.35. The lowest BCUT2D eigenvalue weighted by atomic mass is 9.75. The van der Waals surface area contributed by atoms with Crippen molar-refractivity contribution in [2.24, 2.45) is 11.7 Å². The zero-order valence-electron chi connectivity index (χ0n) is 15.0. The highest BCUT2D eigenvalue weighted by atomic mass is 35.5. The molecule has 0 saturated heterocycles. The van der Waals surface area contributed by atoms with Crippen LogP contribution in [-0.2, 0) is 0 Å². The highest BCUT2D eigenvalue weighted by molar-refractivity contribution is 5.85. The summed E-state index contributed by atoms with van der Waals surface area (Å²) in [6.07, 6.45) is 12.9. The van der Waals surface area contributed by atoms with E-state index in [0.29, 0.717) is 19.3 Å². The van der Waals surface area contributed by atoms with Gasteiger partial charge in [0.2, 0.25) is 0 Å². The second-order valence-electron chi connectivity index (χ2n) is 6.65. The number of hydrogen-bond acceptors (Lipinski definition) is 4. The highest BCUT2D eigenvalue weighted by Crippen LogP contribution is 2.30. The number of aliphatic hydroxyl groups is 3. The summed E-state index contributed by atoms with van der Waals surface area (Å²) >= 11 is 0. The van der Waals surface area contributed by atoms with Crippen LogP contribution < -0.4 is 5.73 Å². The third-order valence-corrected chi connectivity index (χ3v) is 4.85. The minimum absolute atomic E-state index is 0. The molecule has 0 spiro atoms. The Bertz CT molecular complexity index is 236. The quantitative estimate of drug-likeness (QED) is 0.320. The molecule has 0 rings (SSSR count). The first-order chi connectivity index (χ1) is 10.6. The van der Waals surface area contributed by atoms with Crippen molar-refractivity contribution in [3.8, 4) is 0 Å². The standard InChI is InChI=1S/C18H39NO3.ClH/c1-2-3-4-5-6-7-8-9-10-17(11-14-20)18(19,12-15-21)13-16-22;/h17,20-22H,2-16,19H2,1H3;1H. The van der Waals surface area contributed by atoms with Gasteiger partial charge < -0.3 is 21.1 Å². The van der Waals surface area contributed by atoms with E-state index >= 15 is 0 Å². The summed E-state index contributed by atoms with van der Waals surface area (Å²) in [5.74, 6) is 0.178. The fourth-order valence-corrected chi connectivity index (χ4v) is 3.35. The van der Waals surface area contributed by atoms with Gasteiger partial charge in [-0.25, -0.2) is 0 Å². The summed E-state index contributed by atoms with van der Waals surface area (Å²) in [7, 11) is 0. The van der Waals surface area contributed by atoms with Gasteiger partial charge in [0.15, 0.2) is 0 Å². The summed E-state index contributed by atoms with van der Waals surface area (Å²) < 4.78 is 0. The van der Waals surface area contributed by atoms with Gasteiger partial charge in [-0.3, -0.25) is 0 Å². The normalized spacial score (nSPS) is 12.9. The van der Waals surface area contributed by atoms with Crippen LogP contribution in [0.5, 0.6) is 0 Å². The Morgan fingerprint density at radius 3 is 1.65 bits per heavy atom. The lowest BCUT2D eigenvalue weighted by Crippen LogP contribution is -2.49. The van der Waals surface area contributed by atoms with Crippen LogP contribution in [0.1, 0.15) is 84.0 Å². The number of unbranched alkanes of at least 4 members (excludes halogenated alkanes) is 7. The molecule has 1 atom stereocenters. The molecule has 0 aromatic heterocycles. The molecule has 0 aliphatic rings. The van der Waals surface area contributed by atoms with E-state index in [1.165, 1.54) is 44.9 Å². The van der Waals surface area contributed by atoms with Crippen molar-refractivity contribution in [1.29, 1.82) is 0 Å². The minimum Gasteiger partial charge on any atom is -0.396 e. The van der Waals surface area contributed by atoms with Crippen molar-refractivity contribution in [1.82, 2.24) is 0 Å². The van der Waals surface area contributed by atoms with Crippen LogP contribution in [0.25, 0.3) is 0 Å². The van der Waals surface area contributed by atoms with Crippen LogP contribution in [0.3, 0.4) is 0 Å². The molecule has 0 aliphatic heterocycles. The number of rotatable bonds is 16. The second kappa shape index (κ2) is 17.0. The molecular formula is C18H40ClNO3. The Kier molecular flexibility index (Phi) is 18.7. The van der Waals surface area contributed by atoms with Gasteiger partial charge >= 0.3 is 0 Å². The van der Waals surface area contributed by atoms with Gasteiger partial charge in [-0.15, -0.1) is 12.4 Å². The van der Waals surface area contributed by atoms with Crippen LogP contribution in [-0.4, -0.2) is 40.7 Å². The van der Waals surface area contributed by atoms with Crippen molar-refractivity contribution in [3.05, 3.63) is 0 Å². The Morgan fingerprint density at radius 1 is 0.739 bits per heavy atom. The maximum atomic E-state index is 9.28. The highest BCUT2D eigenvalue weighted by Gasteiger charge is 2.33. The first kappa shape index (κ1) is 25.4. The predicted octanol–water partition coefficient (Wildman–Crippen LogP) is 3.40. The molecule has 0 radical (unpaired) electrons. The maximum absolute atomic E-state index is 9.28. The molecule has 5 N–H and O–H groups in total. The van der Waals surface area contributed by atoms with Crippen molar-refractivity contribution in [2.75, 3.05) is 19.8 Å². The predicted molar refractivity (Wildman–Crippen MR) is 100.0 cm³/mol. The molecule has 0 saturated carbocycles. The van der Waals surface area contributed by atoms with Crippen molar-refractivity contribution >= 4 is 12.4 Å². The van der Waals surface area contributed by atoms with E-state index in [0.717, 1.165) is 12.8 Å². The summed E-state index contributed by atoms with van der Waals surface area (Å²) in [6, 6.07) is 0. The van der Waals surface area contributed by atoms with Crippen LogP contribution >= 0.6 is 12.4 Å². The molecular weight excluding hydrogens is 314 g/mol. The SMILES string of the molecule is CCCCCCCCCCC(CCO)C(N)(CCO)CCO.Cl. The summed E-state index contributed by atoms with van der Waals surface area (Å²) in [4.78, 5) is 0. The Labute approximate surface area is 149 Å². The first-order valence-corrected chi connectivity index (χ1v) is 9.26. The van der Waals surface area contributed by atoms with E-state index in [1.54, 1.807) is 0 Å². The largest absolute Gasteiger partial charge is 0.396 e. The molecule has 0 aliphatic carbocycles. The summed E-state index contributed by atoms with van der Waals surface area (Å²) in [5, 5.41) is 27.7. The number of nitrogens with two attached hydrogens (primary N) is 1. The van der Waals surface area contributed by atoms with Gasteiger partial charge in [0.1, 0.15) is 0 Å². The van der Waals surface area contributed by atoms with E-state index in [1.807, 2.05) is 0 Å². The molecule has 1 unspecified atom stereocenters. The summed E-state index contributed by atoms with van der Waals surface area (Å²) in [5.41, 5.74) is 5.87. The lowest BCUT2D eigenvalue weighted by molar-refractivity contribution is 0.117. The molecule has 0 fully saturated rings. The van der Waals surface area contributed by atoms with Crippen LogP contribution in [0, 0.1) is 5.92 Å². The molecule has 23 heavy (non-hydrogen) atoms. The molecule has 4 nitrogen and oxygen atoms in total. The first-order valence-electron chi connectivity index (χ1n) is 9.26. The number of halogens is 1.